The van der Waals surface area contributed by atoms with Gasteiger partial charge in [0.2, 0.25) is 0 Å². The summed E-state index contributed by atoms with van der Waals surface area (Å²) < 4.78 is 2.67. The molecule has 0 aliphatic carbocycles. The molecule has 0 bridgehead atoms. The van der Waals surface area contributed by atoms with Crippen molar-refractivity contribution in [2.24, 2.45) is 0 Å². The van der Waals surface area contributed by atoms with Gasteiger partial charge in [-0.3, -0.25) is 0 Å². The molecule has 0 spiro atoms. The topological polar surface area (TPSA) is 45.5 Å². The SMILES string of the molecule is C=C/C(Cl)=C(\C=C/C)c1cc(NCCCN2CCCCC2C)n2ncc(Br)c2n1. The number of allylic oxidation sites excluding steroid dienone is 5. The van der Waals surface area contributed by atoms with Crippen molar-refractivity contribution in [2.45, 2.75) is 45.6 Å². The second kappa shape index (κ2) is 10.4. The lowest BCUT2D eigenvalue weighted by Gasteiger charge is -2.33. The van der Waals surface area contributed by atoms with Gasteiger partial charge in [-0.1, -0.05) is 42.8 Å². The molecule has 1 unspecified atom stereocenters. The predicted octanol–water partition coefficient (Wildman–Crippen LogP) is 5.88. The van der Waals surface area contributed by atoms with E-state index in [0.717, 1.165) is 46.7 Å². The van der Waals surface area contributed by atoms with Crippen LogP contribution >= 0.6 is 27.5 Å². The van der Waals surface area contributed by atoms with Gasteiger partial charge in [-0.15, -0.1) is 0 Å². The highest BCUT2D eigenvalue weighted by Crippen LogP contribution is 2.27. The van der Waals surface area contributed by atoms with E-state index in [-0.39, 0.29) is 0 Å². The van der Waals surface area contributed by atoms with E-state index in [1.165, 1.54) is 25.8 Å². The molecular weight excluding hydrogens is 450 g/mol. The third-order valence-electron chi connectivity index (χ3n) is 5.34. The zero-order chi connectivity index (χ0) is 20.8. The number of aromatic nitrogens is 3. The number of fused-ring (bicyclic) bond motifs is 1. The van der Waals surface area contributed by atoms with E-state index in [0.29, 0.717) is 11.1 Å². The van der Waals surface area contributed by atoms with Crippen molar-refractivity contribution in [3.05, 3.63) is 52.3 Å². The summed E-state index contributed by atoms with van der Waals surface area (Å²) in [4.78, 5) is 7.36. The van der Waals surface area contributed by atoms with Crippen LogP contribution in [0.15, 0.2) is 46.6 Å². The quantitative estimate of drug-likeness (QED) is 0.380. The summed E-state index contributed by atoms with van der Waals surface area (Å²) in [6, 6.07) is 2.69. The van der Waals surface area contributed by atoms with Crippen LogP contribution in [0.1, 0.15) is 45.2 Å². The lowest BCUT2D eigenvalue weighted by molar-refractivity contribution is 0.160. The molecule has 0 saturated carbocycles. The molecule has 156 valence electrons. The maximum atomic E-state index is 6.40. The molecule has 7 heteroatoms. The molecule has 1 N–H and O–H groups in total. The van der Waals surface area contributed by atoms with Crippen LogP contribution in [0.2, 0.25) is 0 Å². The fourth-order valence-corrected chi connectivity index (χ4v) is 4.26. The molecule has 1 saturated heterocycles. The van der Waals surface area contributed by atoms with Crippen LogP contribution < -0.4 is 5.32 Å². The molecule has 1 aliphatic rings. The number of rotatable bonds is 8. The Morgan fingerprint density at radius 2 is 2.28 bits per heavy atom. The molecule has 3 rings (SSSR count). The van der Waals surface area contributed by atoms with Crippen molar-refractivity contribution in [2.75, 3.05) is 25.0 Å². The summed E-state index contributed by atoms with van der Waals surface area (Å²) in [5, 5.41) is 8.57. The van der Waals surface area contributed by atoms with Gasteiger partial charge in [0.15, 0.2) is 5.65 Å². The van der Waals surface area contributed by atoms with E-state index in [1.54, 1.807) is 12.3 Å². The van der Waals surface area contributed by atoms with Crippen LogP contribution in [-0.2, 0) is 0 Å². The van der Waals surface area contributed by atoms with Gasteiger partial charge in [0.1, 0.15) is 5.82 Å². The van der Waals surface area contributed by atoms with Gasteiger partial charge in [0.25, 0.3) is 0 Å². The molecular formula is C22H29BrClN5. The number of likely N-dealkylation sites (tertiary alicyclic amines) is 1. The summed E-state index contributed by atoms with van der Waals surface area (Å²) >= 11 is 9.95. The standard InChI is InChI=1S/C22H29BrClN5/c1-4-9-17(19(24)5-2)20-14-21(29-22(27-20)18(23)15-26-29)25-11-8-13-28-12-7-6-10-16(28)3/h4-5,9,14-16,25H,2,6-8,10-13H2,1,3H3/b9-4-,19-17-. The number of nitrogens with one attached hydrogen (secondary N) is 1. The van der Waals surface area contributed by atoms with Crippen LogP contribution in [0.4, 0.5) is 5.82 Å². The van der Waals surface area contributed by atoms with Crippen LogP contribution in [0, 0.1) is 0 Å². The molecule has 5 nitrogen and oxygen atoms in total. The fraction of sp³-hybridized carbons (Fsp3) is 0.455. The van der Waals surface area contributed by atoms with Gasteiger partial charge >= 0.3 is 0 Å². The number of hydrogen-bond acceptors (Lipinski definition) is 4. The van der Waals surface area contributed by atoms with Crippen molar-refractivity contribution in [3.8, 4) is 0 Å². The van der Waals surface area contributed by atoms with Gasteiger partial charge < -0.3 is 10.2 Å². The smallest absolute Gasteiger partial charge is 0.172 e. The normalized spacial score (nSPS) is 19.0. The highest BCUT2D eigenvalue weighted by Gasteiger charge is 2.17. The number of nitrogens with zero attached hydrogens (tertiary/aromatic N) is 4. The highest BCUT2D eigenvalue weighted by molar-refractivity contribution is 9.10. The van der Waals surface area contributed by atoms with E-state index >= 15 is 0 Å². The van der Waals surface area contributed by atoms with Gasteiger partial charge in [-0.2, -0.15) is 9.61 Å². The first-order valence-corrected chi connectivity index (χ1v) is 11.4. The second-order valence-corrected chi connectivity index (χ2v) is 8.64. The van der Waals surface area contributed by atoms with Crippen LogP contribution in [0.5, 0.6) is 0 Å². The van der Waals surface area contributed by atoms with Gasteiger partial charge in [0.05, 0.1) is 16.4 Å². The molecule has 2 aromatic heterocycles. The second-order valence-electron chi connectivity index (χ2n) is 7.38. The Morgan fingerprint density at radius 3 is 3.00 bits per heavy atom. The molecule has 29 heavy (non-hydrogen) atoms. The summed E-state index contributed by atoms with van der Waals surface area (Å²) in [6.45, 7) is 11.3. The maximum absolute atomic E-state index is 6.40. The Balaban J connectivity index is 1.80. The maximum Gasteiger partial charge on any atom is 0.172 e. The van der Waals surface area contributed by atoms with Gasteiger partial charge in [0, 0.05) is 35.8 Å². The highest BCUT2D eigenvalue weighted by atomic mass is 79.9. The zero-order valence-corrected chi connectivity index (χ0v) is 19.5. The third-order valence-corrected chi connectivity index (χ3v) is 6.26. The minimum absolute atomic E-state index is 0.570. The summed E-state index contributed by atoms with van der Waals surface area (Å²) in [6.07, 6.45) is 12.4. The average molecular weight is 479 g/mol. The Morgan fingerprint density at radius 1 is 1.45 bits per heavy atom. The van der Waals surface area contributed by atoms with E-state index in [9.17, 15) is 0 Å². The first-order valence-electron chi connectivity index (χ1n) is 10.2. The Kier molecular flexibility index (Phi) is 7.92. The third kappa shape index (κ3) is 5.30. The van der Waals surface area contributed by atoms with E-state index in [4.69, 9.17) is 16.6 Å². The molecule has 1 aliphatic heterocycles. The molecule has 0 aromatic carbocycles. The number of halogens is 2. The molecule has 2 aromatic rings. The predicted molar refractivity (Wildman–Crippen MR) is 126 cm³/mol. The minimum atomic E-state index is 0.570. The van der Waals surface area contributed by atoms with E-state index in [1.807, 2.05) is 29.7 Å². The van der Waals surface area contributed by atoms with E-state index in [2.05, 4.69) is 44.7 Å². The number of anilines is 1. The fourth-order valence-electron chi connectivity index (χ4n) is 3.75. The first kappa shape index (κ1) is 22.1. The van der Waals surface area contributed by atoms with Crippen LogP contribution in [0.3, 0.4) is 0 Å². The lowest BCUT2D eigenvalue weighted by atomic mass is 10.0. The number of piperidine rings is 1. The van der Waals surface area contributed by atoms with Gasteiger partial charge in [-0.25, -0.2) is 4.98 Å². The minimum Gasteiger partial charge on any atom is -0.370 e. The molecule has 0 amide bonds. The molecule has 1 atom stereocenters. The van der Waals surface area contributed by atoms with Gasteiger partial charge in [-0.05, 0) is 55.6 Å². The van der Waals surface area contributed by atoms with Crippen molar-refractivity contribution in [1.29, 1.82) is 0 Å². The average Bonchev–Trinajstić information content (AvgIpc) is 3.11. The van der Waals surface area contributed by atoms with Crippen LogP contribution in [0.25, 0.3) is 11.2 Å². The van der Waals surface area contributed by atoms with Crippen LogP contribution in [-0.4, -0.2) is 45.2 Å². The Hall–Kier alpha value is -1.63. The summed E-state index contributed by atoms with van der Waals surface area (Å²) in [5.74, 6) is 0.901. The summed E-state index contributed by atoms with van der Waals surface area (Å²) in [5.41, 5.74) is 2.38. The first-order chi connectivity index (χ1) is 14.0. The lowest BCUT2D eigenvalue weighted by Crippen LogP contribution is -2.38. The van der Waals surface area contributed by atoms with E-state index < -0.39 is 0 Å². The van der Waals surface area contributed by atoms with Crippen molar-refractivity contribution >= 4 is 44.6 Å². The largest absolute Gasteiger partial charge is 0.370 e. The van der Waals surface area contributed by atoms with Crippen molar-refractivity contribution < 1.29 is 0 Å². The van der Waals surface area contributed by atoms with Crippen molar-refractivity contribution in [1.82, 2.24) is 19.5 Å². The summed E-state index contributed by atoms with van der Waals surface area (Å²) in [7, 11) is 0. The Labute approximate surface area is 186 Å². The monoisotopic (exact) mass is 477 g/mol. The molecule has 1 fully saturated rings. The van der Waals surface area contributed by atoms with Crippen molar-refractivity contribution in [3.63, 3.8) is 0 Å². The Bertz CT molecular complexity index is 917. The molecule has 0 radical (unpaired) electrons. The number of hydrogen-bond donors (Lipinski definition) is 1. The zero-order valence-electron chi connectivity index (χ0n) is 17.2. The molecule has 3 heterocycles.